The summed E-state index contributed by atoms with van der Waals surface area (Å²) in [5.41, 5.74) is -2.07. The lowest BCUT2D eigenvalue weighted by Gasteiger charge is -2.40. The third kappa shape index (κ3) is 1.57. The molecule has 100 valence electrons. The van der Waals surface area contributed by atoms with Crippen LogP contribution in [0.2, 0.25) is 0 Å². The van der Waals surface area contributed by atoms with Crippen LogP contribution in [0.4, 0.5) is 4.39 Å². The van der Waals surface area contributed by atoms with Crippen molar-refractivity contribution in [2.45, 2.75) is 24.0 Å². The van der Waals surface area contributed by atoms with E-state index in [4.69, 9.17) is 4.74 Å². The number of hydrogen-bond acceptors (Lipinski definition) is 3. The van der Waals surface area contributed by atoms with Crippen molar-refractivity contribution in [3.05, 3.63) is 35.9 Å². The lowest BCUT2D eigenvalue weighted by molar-refractivity contribution is -0.157. The Bertz CT molecular complexity index is 537. The molecule has 1 aliphatic carbocycles. The van der Waals surface area contributed by atoms with E-state index in [0.29, 0.717) is 5.56 Å². The first-order chi connectivity index (χ1) is 9.01. The number of alkyl halides is 1. The van der Waals surface area contributed by atoms with Crippen molar-refractivity contribution in [2.75, 3.05) is 13.7 Å². The molecule has 3 aliphatic rings. The van der Waals surface area contributed by atoms with E-state index in [1.165, 1.54) is 12.0 Å². The monoisotopic (exact) mass is 263 g/mol. The summed E-state index contributed by atoms with van der Waals surface area (Å²) in [6.45, 7) is -0.0319. The minimum atomic E-state index is -1.43. The summed E-state index contributed by atoms with van der Waals surface area (Å²) >= 11 is 0. The predicted octanol–water partition coefficient (Wildman–Crippen LogP) is 1.56. The van der Waals surface area contributed by atoms with E-state index in [9.17, 15) is 14.0 Å². The van der Waals surface area contributed by atoms with Crippen LogP contribution in [-0.2, 0) is 9.53 Å². The minimum absolute atomic E-state index is 0.0319. The van der Waals surface area contributed by atoms with Gasteiger partial charge in [-0.25, -0.2) is 9.18 Å². The molecule has 4 nitrogen and oxygen atoms in total. The molecule has 5 heteroatoms. The third-order valence-electron chi connectivity index (χ3n) is 4.01. The molecule has 19 heavy (non-hydrogen) atoms. The number of nitrogens with zero attached hydrogens (tertiary/aromatic N) is 1. The number of ether oxygens (including phenoxy) is 1. The molecule has 0 unspecified atom stereocenters. The average Bonchev–Trinajstić information content (AvgIpc) is 2.87. The fourth-order valence-electron chi connectivity index (χ4n) is 3.18. The molecule has 1 amide bonds. The van der Waals surface area contributed by atoms with E-state index in [-0.39, 0.29) is 25.3 Å². The van der Waals surface area contributed by atoms with Gasteiger partial charge in [-0.2, -0.15) is 0 Å². The molecule has 4 rings (SSSR count). The van der Waals surface area contributed by atoms with E-state index in [2.05, 4.69) is 0 Å². The van der Waals surface area contributed by atoms with Gasteiger partial charge in [0.05, 0.1) is 13.7 Å². The number of amides is 1. The summed E-state index contributed by atoms with van der Waals surface area (Å²) in [7, 11) is 1.26. The van der Waals surface area contributed by atoms with Crippen LogP contribution in [-0.4, -0.2) is 41.6 Å². The van der Waals surface area contributed by atoms with E-state index in [1.807, 2.05) is 0 Å². The fourth-order valence-corrected chi connectivity index (χ4v) is 3.18. The Hall–Kier alpha value is -1.91. The highest BCUT2D eigenvalue weighted by atomic mass is 19.1. The molecular weight excluding hydrogens is 249 g/mol. The van der Waals surface area contributed by atoms with Crippen molar-refractivity contribution in [3.63, 3.8) is 0 Å². The highest BCUT2D eigenvalue weighted by molar-refractivity contribution is 6.00. The minimum Gasteiger partial charge on any atom is -0.467 e. The van der Waals surface area contributed by atoms with Gasteiger partial charge in [0.2, 0.25) is 0 Å². The summed E-state index contributed by atoms with van der Waals surface area (Å²) in [6, 6.07) is 8.60. The Kier molecular flexibility index (Phi) is 2.42. The van der Waals surface area contributed by atoms with Gasteiger partial charge >= 0.3 is 5.97 Å². The van der Waals surface area contributed by atoms with Crippen LogP contribution >= 0.6 is 0 Å². The highest BCUT2D eigenvalue weighted by Gasteiger charge is 2.72. The maximum atomic E-state index is 14.1. The van der Waals surface area contributed by atoms with Crippen molar-refractivity contribution < 1.29 is 18.7 Å². The Balaban J connectivity index is 1.93. The fraction of sp³-hybridized carbons (Fsp3) is 0.429. The van der Waals surface area contributed by atoms with Crippen molar-refractivity contribution in [2.24, 2.45) is 0 Å². The number of halogens is 1. The first-order valence-corrected chi connectivity index (χ1v) is 6.15. The smallest absolute Gasteiger partial charge is 0.332 e. The maximum absolute atomic E-state index is 14.1. The summed E-state index contributed by atoms with van der Waals surface area (Å²) in [4.78, 5) is 25.6. The summed E-state index contributed by atoms with van der Waals surface area (Å²) in [5, 5.41) is 0. The first kappa shape index (κ1) is 12.1. The van der Waals surface area contributed by atoms with Gasteiger partial charge in [0, 0.05) is 18.4 Å². The number of carbonyl (C=O) groups excluding carboxylic acids is 2. The SMILES string of the molecule is COC(=O)C12CC(F)(CN1C(=O)c1ccccc1)C2. The van der Waals surface area contributed by atoms with Crippen molar-refractivity contribution in [1.82, 2.24) is 4.90 Å². The molecule has 0 atom stereocenters. The lowest BCUT2D eigenvalue weighted by Crippen LogP contribution is -2.58. The second-order valence-electron chi connectivity index (χ2n) is 5.28. The standard InChI is InChI=1S/C14H14FNO3/c1-19-12(18)14-7-13(15,8-14)9-16(14)11(17)10-5-3-2-4-6-10/h2-6H,7-9H2,1H3. The number of methoxy groups -OCH3 is 1. The Morgan fingerprint density at radius 2 is 1.89 bits per heavy atom. The van der Waals surface area contributed by atoms with Crippen LogP contribution < -0.4 is 0 Å². The highest BCUT2D eigenvalue weighted by Crippen LogP contribution is 2.56. The predicted molar refractivity (Wildman–Crippen MR) is 65.3 cm³/mol. The number of hydrogen-bond donors (Lipinski definition) is 0. The molecular formula is C14H14FNO3. The van der Waals surface area contributed by atoms with Crippen molar-refractivity contribution in [3.8, 4) is 0 Å². The molecule has 0 radical (unpaired) electrons. The zero-order valence-corrected chi connectivity index (χ0v) is 10.6. The third-order valence-corrected chi connectivity index (χ3v) is 4.01. The molecule has 0 spiro atoms. The number of esters is 1. The summed E-state index contributed by atoms with van der Waals surface area (Å²) in [6.07, 6.45) is 0.0937. The molecule has 1 aromatic carbocycles. The van der Waals surface area contributed by atoms with E-state index in [0.717, 1.165) is 0 Å². The zero-order valence-electron chi connectivity index (χ0n) is 10.6. The molecule has 1 saturated carbocycles. The molecule has 2 heterocycles. The van der Waals surface area contributed by atoms with Gasteiger partial charge in [0.25, 0.3) is 5.91 Å². The molecule has 2 saturated heterocycles. The Morgan fingerprint density at radius 3 is 2.47 bits per heavy atom. The van der Waals surface area contributed by atoms with Crippen LogP contribution in [0.3, 0.4) is 0 Å². The van der Waals surface area contributed by atoms with Gasteiger partial charge in [-0.1, -0.05) is 18.2 Å². The molecule has 2 aliphatic heterocycles. The maximum Gasteiger partial charge on any atom is 0.332 e. The lowest BCUT2D eigenvalue weighted by atomic mass is 9.71. The van der Waals surface area contributed by atoms with Crippen molar-refractivity contribution in [1.29, 1.82) is 0 Å². The Labute approximate surface area is 110 Å². The first-order valence-electron chi connectivity index (χ1n) is 6.15. The van der Waals surface area contributed by atoms with Gasteiger partial charge in [0.15, 0.2) is 0 Å². The van der Waals surface area contributed by atoms with Crippen LogP contribution in [0.15, 0.2) is 30.3 Å². The van der Waals surface area contributed by atoms with Gasteiger partial charge in [-0.05, 0) is 12.1 Å². The number of rotatable bonds is 2. The van der Waals surface area contributed by atoms with Crippen LogP contribution in [0.1, 0.15) is 23.2 Å². The van der Waals surface area contributed by atoms with E-state index in [1.54, 1.807) is 30.3 Å². The zero-order chi connectivity index (χ0) is 13.7. The quantitative estimate of drug-likeness (QED) is 0.761. The van der Waals surface area contributed by atoms with Gasteiger partial charge < -0.3 is 9.64 Å². The summed E-state index contributed by atoms with van der Waals surface area (Å²) in [5.74, 6) is -0.842. The molecule has 0 N–H and O–H groups in total. The van der Waals surface area contributed by atoms with Crippen LogP contribution in [0.25, 0.3) is 0 Å². The molecule has 3 fully saturated rings. The van der Waals surface area contributed by atoms with Gasteiger partial charge in [-0.15, -0.1) is 0 Å². The Morgan fingerprint density at radius 1 is 1.26 bits per heavy atom. The van der Waals surface area contributed by atoms with Crippen molar-refractivity contribution >= 4 is 11.9 Å². The van der Waals surface area contributed by atoms with Gasteiger partial charge in [-0.3, -0.25) is 4.79 Å². The van der Waals surface area contributed by atoms with Crippen LogP contribution in [0, 0.1) is 0 Å². The molecule has 1 aromatic rings. The number of fused-ring (bicyclic) bond motifs is 1. The largest absolute Gasteiger partial charge is 0.467 e. The second kappa shape index (κ2) is 3.79. The topological polar surface area (TPSA) is 46.6 Å². The second-order valence-corrected chi connectivity index (χ2v) is 5.28. The molecule has 2 bridgehead atoms. The van der Waals surface area contributed by atoms with Gasteiger partial charge in [0.1, 0.15) is 11.2 Å². The summed E-state index contributed by atoms with van der Waals surface area (Å²) < 4.78 is 18.9. The number of benzene rings is 1. The number of carbonyl (C=O) groups is 2. The normalized spacial score (nSPS) is 31.8. The van der Waals surface area contributed by atoms with E-state index < -0.39 is 17.2 Å². The van der Waals surface area contributed by atoms with E-state index >= 15 is 0 Å². The van der Waals surface area contributed by atoms with Crippen LogP contribution in [0.5, 0.6) is 0 Å². The average molecular weight is 263 g/mol. The molecule has 0 aromatic heterocycles.